The Bertz CT molecular complexity index is 1190. The summed E-state index contributed by atoms with van der Waals surface area (Å²) in [5.74, 6) is -1.55. The van der Waals surface area contributed by atoms with Crippen molar-refractivity contribution in [1.29, 1.82) is 0 Å². The molecule has 1 unspecified atom stereocenters. The Morgan fingerprint density at radius 2 is 1.61 bits per heavy atom. The number of carbonyl (C=O) groups excluding carboxylic acids is 3. The van der Waals surface area contributed by atoms with Gasteiger partial charge in [-0.15, -0.1) is 0 Å². The van der Waals surface area contributed by atoms with Gasteiger partial charge >= 0.3 is 6.03 Å². The first-order valence-electron chi connectivity index (χ1n) is 10.3. The molecule has 1 aliphatic rings. The third kappa shape index (κ3) is 4.59. The highest BCUT2D eigenvalue weighted by molar-refractivity contribution is 6.30. The molecule has 0 saturated carbocycles. The van der Waals surface area contributed by atoms with Crippen LogP contribution in [0.2, 0.25) is 5.02 Å². The van der Waals surface area contributed by atoms with Crippen molar-refractivity contribution in [3.05, 3.63) is 106 Å². The van der Waals surface area contributed by atoms with Crippen LogP contribution in [0.4, 0.5) is 9.18 Å². The van der Waals surface area contributed by atoms with Gasteiger partial charge in [0.2, 0.25) is 5.91 Å². The maximum absolute atomic E-state index is 13.3. The van der Waals surface area contributed by atoms with E-state index in [1.165, 1.54) is 31.2 Å². The van der Waals surface area contributed by atoms with Gasteiger partial charge in [0.15, 0.2) is 0 Å². The molecule has 0 aliphatic carbocycles. The van der Waals surface area contributed by atoms with Gasteiger partial charge in [0.25, 0.3) is 5.91 Å². The fourth-order valence-electron chi connectivity index (χ4n) is 3.83. The predicted octanol–water partition coefficient (Wildman–Crippen LogP) is 4.15. The van der Waals surface area contributed by atoms with Gasteiger partial charge in [-0.3, -0.25) is 14.5 Å². The molecule has 0 radical (unpaired) electrons. The van der Waals surface area contributed by atoms with Crippen LogP contribution in [0.5, 0.6) is 0 Å². The van der Waals surface area contributed by atoms with Crippen LogP contribution in [-0.4, -0.2) is 29.3 Å². The van der Waals surface area contributed by atoms with E-state index in [-0.39, 0.29) is 0 Å². The Morgan fingerprint density at radius 3 is 2.24 bits per heavy atom. The summed E-state index contributed by atoms with van der Waals surface area (Å²) < 4.78 is 13.3. The van der Waals surface area contributed by atoms with E-state index in [1.807, 2.05) is 30.3 Å². The van der Waals surface area contributed by atoms with Gasteiger partial charge in [0, 0.05) is 5.02 Å². The number of nitrogens with zero attached hydrogens (tertiary/aromatic N) is 1. The average molecular weight is 466 g/mol. The van der Waals surface area contributed by atoms with Crippen molar-refractivity contribution < 1.29 is 18.8 Å². The number of rotatable bonds is 6. The molecule has 0 spiro atoms. The van der Waals surface area contributed by atoms with Gasteiger partial charge in [-0.2, -0.15) is 0 Å². The van der Waals surface area contributed by atoms with Crippen LogP contribution in [0.25, 0.3) is 0 Å². The zero-order valence-electron chi connectivity index (χ0n) is 17.7. The zero-order valence-corrected chi connectivity index (χ0v) is 18.5. The molecule has 1 saturated heterocycles. The van der Waals surface area contributed by atoms with Gasteiger partial charge in [-0.1, -0.05) is 66.2 Å². The third-order valence-electron chi connectivity index (χ3n) is 5.64. The smallest absolute Gasteiger partial charge is 0.325 e. The normalized spacial score (nSPS) is 18.7. The summed E-state index contributed by atoms with van der Waals surface area (Å²) in [7, 11) is 0. The molecular formula is C25H21ClFN3O3. The van der Waals surface area contributed by atoms with Crippen molar-refractivity contribution >= 4 is 29.4 Å². The monoisotopic (exact) mass is 465 g/mol. The first-order valence-corrected chi connectivity index (χ1v) is 10.7. The third-order valence-corrected chi connectivity index (χ3v) is 5.89. The molecule has 6 nitrogen and oxygen atoms in total. The minimum atomic E-state index is -1.39. The van der Waals surface area contributed by atoms with E-state index in [4.69, 9.17) is 11.6 Å². The van der Waals surface area contributed by atoms with Crippen LogP contribution in [0.1, 0.15) is 29.7 Å². The van der Waals surface area contributed by atoms with Crippen LogP contribution in [0, 0.1) is 5.82 Å². The van der Waals surface area contributed by atoms with Crippen LogP contribution >= 0.6 is 11.6 Å². The van der Waals surface area contributed by atoms with Crippen molar-refractivity contribution in [2.24, 2.45) is 0 Å². The standard InChI is InChI=1S/C25H21ClFN3O3/c1-25(18-9-13-20(27)14-10-18)23(32)30(24(33)29-25)15-21(31)28-22(16-5-3-2-4-6-16)17-7-11-19(26)12-8-17/h2-14,22H,15H2,1H3,(H,28,31)(H,29,33)/t22?,25-/m0/s1. The highest BCUT2D eigenvalue weighted by atomic mass is 35.5. The van der Waals surface area contributed by atoms with Gasteiger partial charge in [0.05, 0.1) is 6.04 Å². The Hall–Kier alpha value is -3.71. The van der Waals surface area contributed by atoms with Crippen molar-refractivity contribution in [2.75, 3.05) is 6.54 Å². The SMILES string of the molecule is C[C@@]1(c2ccc(F)cc2)NC(=O)N(CC(=O)NC(c2ccccc2)c2ccc(Cl)cc2)C1=O. The van der Waals surface area contributed by atoms with Gasteiger partial charge < -0.3 is 10.6 Å². The number of imide groups is 1. The Kier molecular flexibility index (Phi) is 6.16. The first-order chi connectivity index (χ1) is 15.8. The van der Waals surface area contributed by atoms with E-state index in [0.717, 1.165) is 16.0 Å². The van der Waals surface area contributed by atoms with E-state index in [1.54, 1.807) is 24.3 Å². The number of carbonyl (C=O) groups is 3. The molecule has 1 heterocycles. The Labute approximate surface area is 195 Å². The minimum absolute atomic E-state index is 0.425. The van der Waals surface area contributed by atoms with Crippen molar-refractivity contribution in [1.82, 2.24) is 15.5 Å². The molecule has 0 bridgehead atoms. The fourth-order valence-corrected chi connectivity index (χ4v) is 3.96. The molecule has 2 atom stereocenters. The maximum atomic E-state index is 13.3. The molecule has 4 amide bonds. The molecule has 1 fully saturated rings. The largest absolute Gasteiger partial charge is 0.344 e. The molecule has 3 aromatic rings. The number of halogens is 2. The summed E-state index contributed by atoms with van der Waals surface area (Å²) in [6.07, 6.45) is 0. The summed E-state index contributed by atoms with van der Waals surface area (Å²) in [5.41, 5.74) is 0.669. The second kappa shape index (κ2) is 9.03. The van der Waals surface area contributed by atoms with Crippen molar-refractivity contribution in [3.8, 4) is 0 Å². The molecular weight excluding hydrogens is 445 g/mol. The lowest BCUT2D eigenvalue weighted by atomic mass is 9.92. The minimum Gasteiger partial charge on any atom is -0.344 e. The van der Waals surface area contributed by atoms with E-state index in [2.05, 4.69) is 10.6 Å². The lowest BCUT2D eigenvalue weighted by Crippen LogP contribution is -2.44. The van der Waals surface area contributed by atoms with Crippen LogP contribution < -0.4 is 10.6 Å². The molecule has 2 N–H and O–H groups in total. The van der Waals surface area contributed by atoms with Crippen LogP contribution in [-0.2, 0) is 15.1 Å². The number of hydrogen-bond acceptors (Lipinski definition) is 3. The van der Waals surface area contributed by atoms with E-state index >= 15 is 0 Å². The van der Waals surface area contributed by atoms with Crippen LogP contribution in [0.3, 0.4) is 0 Å². The lowest BCUT2D eigenvalue weighted by molar-refractivity contribution is -0.135. The van der Waals surface area contributed by atoms with E-state index < -0.39 is 41.8 Å². The van der Waals surface area contributed by atoms with Gasteiger partial charge in [-0.25, -0.2) is 9.18 Å². The zero-order chi connectivity index (χ0) is 23.6. The van der Waals surface area contributed by atoms with Crippen molar-refractivity contribution in [2.45, 2.75) is 18.5 Å². The molecule has 33 heavy (non-hydrogen) atoms. The predicted molar refractivity (Wildman–Crippen MR) is 122 cm³/mol. The van der Waals surface area contributed by atoms with E-state index in [9.17, 15) is 18.8 Å². The quantitative estimate of drug-likeness (QED) is 0.537. The van der Waals surface area contributed by atoms with E-state index in [0.29, 0.717) is 10.6 Å². The van der Waals surface area contributed by atoms with Crippen molar-refractivity contribution in [3.63, 3.8) is 0 Å². The average Bonchev–Trinajstić information content (AvgIpc) is 3.03. The molecule has 0 aromatic heterocycles. The summed E-state index contributed by atoms with van der Waals surface area (Å²) >= 11 is 6.00. The summed E-state index contributed by atoms with van der Waals surface area (Å²) in [4.78, 5) is 39.4. The molecule has 1 aliphatic heterocycles. The van der Waals surface area contributed by atoms with Gasteiger partial charge in [0.1, 0.15) is 17.9 Å². The molecule has 3 aromatic carbocycles. The summed E-state index contributed by atoms with van der Waals surface area (Å²) in [6.45, 7) is 1.07. The number of nitrogens with one attached hydrogen (secondary N) is 2. The highest BCUT2D eigenvalue weighted by Crippen LogP contribution is 2.29. The number of benzene rings is 3. The highest BCUT2D eigenvalue weighted by Gasteiger charge is 2.49. The topological polar surface area (TPSA) is 78.5 Å². The van der Waals surface area contributed by atoms with Crippen LogP contribution in [0.15, 0.2) is 78.9 Å². The lowest BCUT2D eigenvalue weighted by Gasteiger charge is -2.23. The molecule has 168 valence electrons. The summed E-state index contributed by atoms with van der Waals surface area (Å²) in [5, 5.41) is 6.09. The Morgan fingerprint density at radius 1 is 1.00 bits per heavy atom. The fraction of sp³-hybridized carbons (Fsp3) is 0.160. The second-order valence-corrected chi connectivity index (χ2v) is 8.35. The maximum Gasteiger partial charge on any atom is 0.325 e. The van der Waals surface area contributed by atoms with Gasteiger partial charge in [-0.05, 0) is 47.9 Å². The first kappa shape index (κ1) is 22.5. The molecule has 8 heteroatoms. The second-order valence-electron chi connectivity index (χ2n) is 7.92. The Balaban J connectivity index is 1.54. The summed E-state index contributed by atoms with van der Waals surface area (Å²) in [6, 6.07) is 20.5. The number of hydrogen-bond donors (Lipinski definition) is 2. The number of amides is 4. The molecule has 4 rings (SSSR count). The number of urea groups is 1.